The van der Waals surface area contributed by atoms with E-state index in [1.165, 1.54) is 16.6 Å². The average Bonchev–Trinajstić information content (AvgIpc) is 4.10. The standard InChI is InChI=1S/C72H45BN2O2/c1-6-20-46(21-7-1)49-34-38-54(39-35-49)74-60-42-53(48-24-10-3-11-25-48)43-61-68(60)73(69-62(74)44-58(51-26-12-4-13-27-51)66-56-30-16-18-32-64(56)76-71(66)69)70-63(75(61)55-40-36-50(37-41-55)47-22-8-2-9-23-47)45-59(52-28-14-5-15-29-52)67-57-31-17-19-33-65(57)77-72(67)70/h1-45H. The van der Waals surface area contributed by atoms with E-state index >= 15 is 0 Å². The molecule has 0 unspecified atom stereocenters. The van der Waals surface area contributed by atoms with Crippen LogP contribution in [0.2, 0.25) is 0 Å². The summed E-state index contributed by atoms with van der Waals surface area (Å²) in [5.74, 6) is 0. The van der Waals surface area contributed by atoms with Crippen LogP contribution in [0.4, 0.5) is 34.1 Å². The van der Waals surface area contributed by atoms with E-state index in [0.29, 0.717) is 0 Å². The third kappa shape index (κ3) is 6.74. The van der Waals surface area contributed by atoms with Gasteiger partial charge in [-0.3, -0.25) is 0 Å². The molecule has 12 aromatic carbocycles. The van der Waals surface area contributed by atoms with Crippen molar-refractivity contribution in [3.05, 3.63) is 273 Å². The fraction of sp³-hybridized carbons (Fsp3) is 0. The molecule has 2 aromatic heterocycles. The molecule has 0 N–H and O–H groups in total. The van der Waals surface area contributed by atoms with E-state index in [1.807, 2.05) is 0 Å². The van der Waals surface area contributed by atoms with Crippen molar-refractivity contribution in [2.45, 2.75) is 0 Å². The van der Waals surface area contributed by atoms with Gasteiger partial charge >= 0.3 is 0 Å². The van der Waals surface area contributed by atoms with E-state index in [1.54, 1.807) is 0 Å². The highest BCUT2D eigenvalue weighted by Crippen LogP contribution is 2.52. The highest BCUT2D eigenvalue weighted by molar-refractivity contribution is 7.03. The maximum Gasteiger partial charge on any atom is 0.261 e. The van der Waals surface area contributed by atoms with E-state index < -0.39 is 0 Å². The van der Waals surface area contributed by atoms with Crippen LogP contribution in [0.3, 0.4) is 0 Å². The van der Waals surface area contributed by atoms with E-state index in [9.17, 15) is 0 Å². The van der Waals surface area contributed by atoms with E-state index in [0.717, 1.165) is 133 Å². The first-order valence-corrected chi connectivity index (χ1v) is 26.4. The highest BCUT2D eigenvalue weighted by Gasteiger charge is 2.48. The van der Waals surface area contributed by atoms with Crippen molar-refractivity contribution in [1.82, 2.24) is 0 Å². The lowest BCUT2D eigenvalue weighted by molar-refractivity contribution is 0.671. The lowest BCUT2D eigenvalue weighted by Gasteiger charge is -2.44. The Morgan fingerprint density at radius 2 is 0.571 bits per heavy atom. The topological polar surface area (TPSA) is 32.8 Å². The van der Waals surface area contributed by atoms with Crippen LogP contribution in [0, 0.1) is 0 Å². The van der Waals surface area contributed by atoms with Crippen LogP contribution in [0.5, 0.6) is 0 Å². The molecule has 0 atom stereocenters. The number of anilines is 6. The predicted molar refractivity (Wildman–Crippen MR) is 322 cm³/mol. The van der Waals surface area contributed by atoms with Gasteiger partial charge in [-0.25, -0.2) is 0 Å². The molecule has 4 heterocycles. The maximum atomic E-state index is 7.45. The molecule has 0 fully saturated rings. The highest BCUT2D eigenvalue weighted by atomic mass is 16.3. The van der Waals surface area contributed by atoms with Crippen molar-refractivity contribution >= 4 is 101 Å². The first-order chi connectivity index (χ1) is 38.2. The molecule has 0 amide bonds. The second-order valence-corrected chi connectivity index (χ2v) is 20.3. The van der Waals surface area contributed by atoms with Crippen molar-refractivity contribution in [2.24, 2.45) is 0 Å². The molecule has 2 aliphatic rings. The molecule has 0 saturated heterocycles. The van der Waals surface area contributed by atoms with Crippen LogP contribution in [0.1, 0.15) is 0 Å². The van der Waals surface area contributed by atoms with Crippen LogP contribution < -0.4 is 26.2 Å². The number of para-hydroxylation sites is 2. The summed E-state index contributed by atoms with van der Waals surface area (Å²) in [4.78, 5) is 5.03. The molecule has 0 saturated carbocycles. The van der Waals surface area contributed by atoms with Crippen LogP contribution in [-0.4, -0.2) is 6.71 Å². The fourth-order valence-electron chi connectivity index (χ4n) is 12.6. The van der Waals surface area contributed by atoms with Crippen molar-refractivity contribution in [2.75, 3.05) is 9.80 Å². The molecular weight excluding hydrogens is 936 g/mol. The summed E-state index contributed by atoms with van der Waals surface area (Å²) in [6, 6.07) is 98.8. The Balaban J connectivity index is 1.09. The van der Waals surface area contributed by atoms with Gasteiger partial charge in [0.2, 0.25) is 0 Å². The largest absolute Gasteiger partial charge is 0.456 e. The van der Waals surface area contributed by atoms with Gasteiger partial charge in [0.05, 0.1) is 0 Å². The van der Waals surface area contributed by atoms with Gasteiger partial charge < -0.3 is 18.6 Å². The number of rotatable bonds is 7. The van der Waals surface area contributed by atoms with Crippen LogP contribution in [0.15, 0.2) is 282 Å². The van der Waals surface area contributed by atoms with Crippen LogP contribution in [-0.2, 0) is 0 Å². The summed E-state index contributed by atoms with van der Waals surface area (Å²) >= 11 is 0. The first-order valence-electron chi connectivity index (χ1n) is 26.4. The summed E-state index contributed by atoms with van der Waals surface area (Å²) in [6.07, 6.45) is 0. The molecule has 0 radical (unpaired) electrons. The molecule has 16 rings (SSSR count). The minimum Gasteiger partial charge on any atom is -0.456 e. The Bertz CT molecular complexity index is 4320. The number of fused-ring (bicyclic) bond motifs is 12. The Kier molecular flexibility index (Phi) is 9.70. The summed E-state index contributed by atoms with van der Waals surface area (Å²) in [5, 5.41) is 4.35. The molecule has 0 spiro atoms. The third-order valence-electron chi connectivity index (χ3n) is 16.0. The monoisotopic (exact) mass is 980 g/mol. The van der Waals surface area contributed by atoms with Gasteiger partial charge in [-0.15, -0.1) is 0 Å². The second-order valence-electron chi connectivity index (χ2n) is 20.3. The van der Waals surface area contributed by atoms with Crippen LogP contribution >= 0.6 is 0 Å². The molecule has 358 valence electrons. The number of hydrogen-bond donors (Lipinski definition) is 0. The fourth-order valence-corrected chi connectivity index (χ4v) is 12.6. The van der Waals surface area contributed by atoms with Crippen molar-refractivity contribution < 1.29 is 8.83 Å². The minimum atomic E-state index is -0.352. The summed E-state index contributed by atoms with van der Waals surface area (Å²) in [6.45, 7) is -0.352. The lowest BCUT2D eigenvalue weighted by atomic mass is 9.33. The SMILES string of the molecule is c1ccc(-c2ccc(N3c4cc(-c5ccccc5)cc5c4B(c4c3cc(-c3ccccc3)c3c4oc4ccccc43)c3c(cc(-c4ccccc4)c4c3oc3ccccc34)N5c3ccc(-c4ccccc4)cc3)cc2)cc1. The smallest absolute Gasteiger partial charge is 0.261 e. The molecule has 2 aliphatic heterocycles. The van der Waals surface area contributed by atoms with Crippen molar-refractivity contribution in [1.29, 1.82) is 0 Å². The van der Waals surface area contributed by atoms with Gasteiger partial charge in [0.1, 0.15) is 22.3 Å². The zero-order chi connectivity index (χ0) is 50.6. The zero-order valence-electron chi connectivity index (χ0n) is 41.8. The number of hydrogen-bond acceptors (Lipinski definition) is 4. The van der Waals surface area contributed by atoms with Crippen molar-refractivity contribution in [3.8, 4) is 55.6 Å². The van der Waals surface area contributed by atoms with Crippen LogP contribution in [0.25, 0.3) is 99.5 Å². The van der Waals surface area contributed by atoms with E-state index in [-0.39, 0.29) is 6.71 Å². The molecule has 0 aliphatic carbocycles. The van der Waals surface area contributed by atoms with Gasteiger partial charge in [-0.05, 0) is 133 Å². The van der Waals surface area contributed by atoms with E-state index in [4.69, 9.17) is 8.83 Å². The molecule has 0 bridgehead atoms. The Labute approximate surface area is 446 Å². The second kappa shape index (κ2) is 17.2. The summed E-state index contributed by atoms with van der Waals surface area (Å²) in [7, 11) is 0. The van der Waals surface area contributed by atoms with Gasteiger partial charge in [0.15, 0.2) is 0 Å². The third-order valence-corrected chi connectivity index (χ3v) is 16.0. The molecular formula is C72H45BN2O2. The lowest BCUT2D eigenvalue weighted by Crippen LogP contribution is -2.61. The number of furan rings is 2. The van der Waals surface area contributed by atoms with Gasteiger partial charge in [0.25, 0.3) is 6.71 Å². The Morgan fingerprint density at radius 1 is 0.260 bits per heavy atom. The minimum absolute atomic E-state index is 0.352. The predicted octanol–water partition coefficient (Wildman–Crippen LogP) is 17.9. The summed E-state index contributed by atoms with van der Waals surface area (Å²) in [5.41, 5.74) is 24.6. The van der Waals surface area contributed by atoms with Crippen molar-refractivity contribution in [3.63, 3.8) is 0 Å². The van der Waals surface area contributed by atoms with Gasteiger partial charge in [0, 0.05) is 55.7 Å². The molecule has 4 nitrogen and oxygen atoms in total. The summed E-state index contributed by atoms with van der Waals surface area (Å²) < 4.78 is 14.9. The van der Waals surface area contributed by atoms with Gasteiger partial charge in [-0.1, -0.05) is 212 Å². The first kappa shape index (κ1) is 43.3. The zero-order valence-corrected chi connectivity index (χ0v) is 41.8. The molecule has 14 aromatic rings. The molecule has 5 heteroatoms. The maximum absolute atomic E-state index is 7.45. The number of benzene rings is 12. The normalized spacial score (nSPS) is 12.6. The average molecular weight is 981 g/mol. The molecule has 77 heavy (non-hydrogen) atoms. The quantitative estimate of drug-likeness (QED) is 0.149. The Hall–Kier alpha value is -10.1. The number of nitrogens with zero attached hydrogens (tertiary/aromatic N) is 2. The van der Waals surface area contributed by atoms with E-state index in [2.05, 4.69) is 283 Å². The Morgan fingerprint density at radius 3 is 0.961 bits per heavy atom. The van der Waals surface area contributed by atoms with Gasteiger partial charge in [-0.2, -0.15) is 0 Å².